The molecule has 0 radical (unpaired) electrons. The van der Waals surface area contributed by atoms with Crippen LogP contribution in [-0.2, 0) is 4.79 Å². The third-order valence-electron chi connectivity index (χ3n) is 1.08. The number of β-amino-alcohol motifs (C(OH)–C–C–N with tert-alkyl or cyclic N) is 1. The first-order valence-corrected chi connectivity index (χ1v) is 2.13. The summed E-state index contributed by atoms with van der Waals surface area (Å²) in [4.78, 5) is 10.2. The van der Waals surface area contributed by atoms with E-state index in [-0.39, 0.29) is 5.91 Å². The highest BCUT2D eigenvalue weighted by Crippen LogP contribution is 2.08. The quantitative estimate of drug-likeness (QED) is 0.379. The Morgan fingerprint density at radius 2 is 2.43 bits per heavy atom. The van der Waals surface area contributed by atoms with Gasteiger partial charge in [-0.15, -0.1) is 0 Å². The fourth-order valence-electron chi connectivity index (χ4n) is 0.416. The predicted molar refractivity (Wildman–Crippen MR) is 23.6 cm³/mol. The molecular formula is C4H7NO2. The van der Waals surface area contributed by atoms with E-state index in [1.165, 1.54) is 6.92 Å². The molecule has 1 rings (SSSR count). The lowest BCUT2D eigenvalue weighted by molar-refractivity contribution is -0.149. The molecule has 0 aromatic heterocycles. The second kappa shape index (κ2) is 0.980. The van der Waals surface area contributed by atoms with E-state index >= 15 is 0 Å². The van der Waals surface area contributed by atoms with Crippen molar-refractivity contribution in [2.24, 2.45) is 0 Å². The first-order chi connectivity index (χ1) is 3.13. The van der Waals surface area contributed by atoms with Gasteiger partial charge in [0.2, 0.25) is 0 Å². The minimum absolute atomic E-state index is 0.271. The number of hydrogen-bond donors (Lipinski definition) is 2. The summed E-state index contributed by atoms with van der Waals surface area (Å²) >= 11 is 0. The number of amides is 1. The van der Waals surface area contributed by atoms with Crippen LogP contribution in [0.3, 0.4) is 0 Å². The van der Waals surface area contributed by atoms with E-state index in [1.54, 1.807) is 0 Å². The van der Waals surface area contributed by atoms with Gasteiger partial charge in [0, 0.05) is 0 Å². The monoisotopic (exact) mass is 101 g/mol. The molecule has 7 heavy (non-hydrogen) atoms. The second-order valence-corrected chi connectivity index (χ2v) is 1.96. The van der Waals surface area contributed by atoms with E-state index < -0.39 is 5.60 Å². The molecule has 1 aliphatic heterocycles. The van der Waals surface area contributed by atoms with Crippen LogP contribution in [0, 0.1) is 0 Å². The van der Waals surface area contributed by atoms with Gasteiger partial charge in [-0.3, -0.25) is 4.79 Å². The maximum absolute atomic E-state index is 10.2. The van der Waals surface area contributed by atoms with Gasteiger partial charge in [0.1, 0.15) is 0 Å². The van der Waals surface area contributed by atoms with Crippen LogP contribution >= 0.6 is 0 Å². The Labute approximate surface area is 41.3 Å². The van der Waals surface area contributed by atoms with Crippen LogP contribution in [0.15, 0.2) is 0 Å². The molecule has 1 fully saturated rings. The van der Waals surface area contributed by atoms with Crippen LogP contribution < -0.4 is 5.32 Å². The van der Waals surface area contributed by atoms with Crippen molar-refractivity contribution in [3.05, 3.63) is 0 Å². The lowest BCUT2D eigenvalue weighted by Crippen LogP contribution is -2.62. The van der Waals surface area contributed by atoms with Gasteiger partial charge < -0.3 is 10.4 Å². The number of nitrogens with one attached hydrogen (secondary N) is 1. The molecule has 3 nitrogen and oxygen atoms in total. The Kier molecular flexibility index (Phi) is 0.642. The molecule has 1 aliphatic rings. The van der Waals surface area contributed by atoms with E-state index in [0.29, 0.717) is 6.54 Å². The summed E-state index contributed by atoms with van der Waals surface area (Å²) in [6.07, 6.45) is 0. The summed E-state index contributed by atoms with van der Waals surface area (Å²) < 4.78 is 0. The van der Waals surface area contributed by atoms with Crippen molar-refractivity contribution in [1.82, 2.24) is 5.32 Å². The zero-order valence-electron chi connectivity index (χ0n) is 4.06. The maximum atomic E-state index is 10.2. The average Bonchev–Trinajstić information content (AvgIpc) is 1.63. The van der Waals surface area contributed by atoms with Crippen LogP contribution in [0.4, 0.5) is 0 Å². The largest absolute Gasteiger partial charge is 0.378 e. The summed E-state index contributed by atoms with van der Waals surface area (Å²) in [7, 11) is 0. The van der Waals surface area contributed by atoms with Crippen molar-refractivity contribution in [1.29, 1.82) is 0 Å². The van der Waals surface area contributed by atoms with Gasteiger partial charge >= 0.3 is 0 Å². The van der Waals surface area contributed by atoms with E-state index in [2.05, 4.69) is 5.32 Å². The third-order valence-corrected chi connectivity index (χ3v) is 1.08. The van der Waals surface area contributed by atoms with Gasteiger partial charge in [0.15, 0.2) is 5.60 Å². The normalized spacial score (nSPS) is 39.4. The SMILES string of the molecule is CC1(O)CNC1=O. The fourth-order valence-corrected chi connectivity index (χ4v) is 0.416. The lowest BCUT2D eigenvalue weighted by atomic mass is 10.00. The number of carbonyl (C=O) groups is 1. The molecule has 1 unspecified atom stereocenters. The number of rotatable bonds is 0. The van der Waals surface area contributed by atoms with Gasteiger partial charge in [-0.05, 0) is 6.92 Å². The Morgan fingerprint density at radius 3 is 2.43 bits per heavy atom. The highest BCUT2D eigenvalue weighted by atomic mass is 16.3. The lowest BCUT2D eigenvalue weighted by Gasteiger charge is -2.31. The minimum atomic E-state index is -1.07. The van der Waals surface area contributed by atoms with Gasteiger partial charge in [-0.25, -0.2) is 0 Å². The highest BCUT2D eigenvalue weighted by Gasteiger charge is 2.38. The van der Waals surface area contributed by atoms with Gasteiger partial charge in [-0.2, -0.15) is 0 Å². The Bertz CT molecular complexity index is 108. The van der Waals surface area contributed by atoms with Crippen molar-refractivity contribution in [3.63, 3.8) is 0 Å². The molecule has 0 aliphatic carbocycles. The molecule has 40 valence electrons. The number of hydrogen-bond acceptors (Lipinski definition) is 2. The maximum Gasteiger partial charge on any atom is 0.253 e. The Balaban J connectivity index is 2.59. The average molecular weight is 101 g/mol. The molecule has 1 atom stereocenters. The van der Waals surface area contributed by atoms with Crippen LogP contribution in [0.2, 0.25) is 0 Å². The van der Waals surface area contributed by atoms with Crippen LogP contribution in [0.1, 0.15) is 6.92 Å². The zero-order chi connectivity index (χ0) is 5.49. The van der Waals surface area contributed by atoms with E-state index in [0.717, 1.165) is 0 Å². The van der Waals surface area contributed by atoms with Crippen LogP contribution in [-0.4, -0.2) is 23.2 Å². The molecule has 3 heteroatoms. The fraction of sp³-hybridized carbons (Fsp3) is 0.750. The molecule has 0 saturated carbocycles. The molecule has 0 spiro atoms. The molecule has 0 bridgehead atoms. The van der Waals surface area contributed by atoms with E-state index in [1.807, 2.05) is 0 Å². The van der Waals surface area contributed by atoms with Crippen molar-refractivity contribution >= 4 is 5.91 Å². The van der Waals surface area contributed by atoms with E-state index in [9.17, 15) is 4.79 Å². The molecule has 0 aromatic rings. The molecule has 1 heterocycles. The topological polar surface area (TPSA) is 49.3 Å². The van der Waals surface area contributed by atoms with Crippen LogP contribution in [0.5, 0.6) is 0 Å². The van der Waals surface area contributed by atoms with Crippen molar-refractivity contribution in [2.45, 2.75) is 12.5 Å². The molecule has 1 amide bonds. The first kappa shape index (κ1) is 4.59. The van der Waals surface area contributed by atoms with Gasteiger partial charge in [-0.1, -0.05) is 0 Å². The van der Waals surface area contributed by atoms with Crippen molar-refractivity contribution in [2.75, 3.05) is 6.54 Å². The molecule has 1 saturated heterocycles. The van der Waals surface area contributed by atoms with Gasteiger partial charge in [0.05, 0.1) is 6.54 Å². The molecule has 2 N–H and O–H groups in total. The summed E-state index contributed by atoms with van der Waals surface area (Å²) in [6, 6.07) is 0. The summed E-state index contributed by atoms with van der Waals surface area (Å²) in [6.45, 7) is 1.89. The summed E-state index contributed by atoms with van der Waals surface area (Å²) in [5.74, 6) is -0.271. The van der Waals surface area contributed by atoms with Crippen molar-refractivity contribution < 1.29 is 9.90 Å². The summed E-state index contributed by atoms with van der Waals surface area (Å²) in [5, 5.41) is 11.2. The standard InChI is InChI=1S/C4H7NO2/c1-4(7)2-5-3(4)6/h7H,2H2,1H3,(H,5,6). The summed E-state index contributed by atoms with van der Waals surface area (Å²) in [5.41, 5.74) is -1.07. The molecular weight excluding hydrogens is 94.0 g/mol. The number of β-lactam (4-membered cyclic amide) rings is 1. The third kappa shape index (κ3) is 0.489. The number of carbonyl (C=O) groups excluding carboxylic acids is 1. The number of aliphatic hydroxyl groups is 1. The zero-order valence-corrected chi connectivity index (χ0v) is 4.06. The highest BCUT2D eigenvalue weighted by molar-refractivity contribution is 5.90. The minimum Gasteiger partial charge on any atom is -0.378 e. The van der Waals surface area contributed by atoms with E-state index in [4.69, 9.17) is 5.11 Å². The first-order valence-electron chi connectivity index (χ1n) is 2.13. The smallest absolute Gasteiger partial charge is 0.253 e. The second-order valence-electron chi connectivity index (χ2n) is 1.96. The predicted octanol–water partition coefficient (Wildman–Crippen LogP) is -1.13. The van der Waals surface area contributed by atoms with Gasteiger partial charge in [0.25, 0.3) is 5.91 Å². The van der Waals surface area contributed by atoms with Crippen LogP contribution in [0.25, 0.3) is 0 Å². The Morgan fingerprint density at radius 1 is 2.00 bits per heavy atom. The van der Waals surface area contributed by atoms with Crippen molar-refractivity contribution in [3.8, 4) is 0 Å². The Hall–Kier alpha value is -0.570. The molecule has 0 aromatic carbocycles.